The first-order valence-corrected chi connectivity index (χ1v) is 10.0. The summed E-state index contributed by atoms with van der Waals surface area (Å²) in [4.78, 5) is 41.9. The van der Waals surface area contributed by atoms with Gasteiger partial charge >= 0.3 is 6.03 Å². The lowest BCUT2D eigenvalue weighted by Crippen LogP contribution is -2.57. The molecule has 2 heterocycles. The van der Waals surface area contributed by atoms with Gasteiger partial charge in [0.15, 0.2) is 0 Å². The molecule has 0 radical (unpaired) electrons. The van der Waals surface area contributed by atoms with Crippen LogP contribution in [0.5, 0.6) is 0 Å². The van der Waals surface area contributed by atoms with Crippen molar-refractivity contribution in [1.82, 2.24) is 15.1 Å². The zero-order valence-electron chi connectivity index (χ0n) is 15.9. The normalized spacial score (nSPS) is 40.0. The first-order chi connectivity index (χ1) is 12.4. The topological polar surface area (TPSA) is 69.7 Å². The molecule has 2 aliphatic heterocycles. The van der Waals surface area contributed by atoms with Crippen LogP contribution in [0.15, 0.2) is 12.2 Å². The van der Waals surface area contributed by atoms with E-state index in [0.29, 0.717) is 0 Å². The average molecular weight is 359 g/mol. The van der Waals surface area contributed by atoms with Crippen LogP contribution in [0.25, 0.3) is 0 Å². The van der Waals surface area contributed by atoms with Crippen LogP contribution in [0.2, 0.25) is 0 Å². The van der Waals surface area contributed by atoms with Gasteiger partial charge in [-0.3, -0.25) is 14.5 Å². The number of nitrogens with zero attached hydrogens (tertiary/aromatic N) is 2. The number of allylic oxidation sites excluding steroid dienone is 2. The van der Waals surface area contributed by atoms with E-state index in [9.17, 15) is 14.4 Å². The molecule has 0 aromatic carbocycles. The zero-order valence-corrected chi connectivity index (χ0v) is 15.9. The van der Waals surface area contributed by atoms with Gasteiger partial charge in [-0.15, -0.1) is 0 Å². The summed E-state index contributed by atoms with van der Waals surface area (Å²) in [7, 11) is 0. The maximum atomic E-state index is 13.0. The Hall–Kier alpha value is -1.85. The Balaban J connectivity index is 1.48. The van der Waals surface area contributed by atoms with Crippen LogP contribution in [-0.4, -0.2) is 45.9 Å². The number of carbonyl (C=O) groups is 3. The van der Waals surface area contributed by atoms with Crippen LogP contribution in [0.1, 0.15) is 52.9 Å². The maximum Gasteiger partial charge on any atom is 0.319 e. The standard InChI is InChI=1S/C20H29N3O3/c1-11-5-4-6-12(2)22(11)20(26)21-13(3)23-18(24)16-14-7-8-15(10-9-14)17(16)19(23)25/h7-8,11-17H,4-6,9-10H2,1-3H3,(H,21,26)/t11-,12+,13-,14+,15+,16+,17+/m1/s1. The van der Waals surface area contributed by atoms with Gasteiger partial charge in [0.25, 0.3) is 0 Å². The smallest absolute Gasteiger partial charge is 0.319 e. The quantitative estimate of drug-likeness (QED) is 0.608. The summed E-state index contributed by atoms with van der Waals surface area (Å²) in [5.41, 5.74) is 0. The van der Waals surface area contributed by atoms with E-state index >= 15 is 0 Å². The van der Waals surface area contributed by atoms with Crippen LogP contribution < -0.4 is 5.32 Å². The summed E-state index contributed by atoms with van der Waals surface area (Å²) in [5, 5.41) is 2.92. The highest BCUT2D eigenvalue weighted by Crippen LogP contribution is 2.49. The van der Waals surface area contributed by atoms with E-state index in [-0.39, 0.29) is 53.6 Å². The fraction of sp³-hybridized carbons (Fsp3) is 0.750. The number of imide groups is 1. The molecule has 6 nitrogen and oxygen atoms in total. The highest BCUT2D eigenvalue weighted by atomic mass is 16.2. The molecule has 0 aromatic rings. The van der Waals surface area contributed by atoms with Crippen molar-refractivity contribution in [2.75, 3.05) is 0 Å². The Kier molecular flexibility index (Phi) is 4.32. The molecule has 6 heteroatoms. The average Bonchev–Trinajstić information content (AvgIpc) is 2.89. The Labute approximate surface area is 155 Å². The van der Waals surface area contributed by atoms with E-state index in [1.165, 1.54) is 4.90 Å². The third-order valence-electron chi connectivity index (χ3n) is 6.94. The molecule has 2 bridgehead atoms. The number of carbonyl (C=O) groups excluding carboxylic acids is 3. The fourth-order valence-corrected chi connectivity index (χ4v) is 5.62. The summed E-state index contributed by atoms with van der Waals surface area (Å²) < 4.78 is 0. The molecule has 3 fully saturated rings. The molecule has 0 unspecified atom stereocenters. The van der Waals surface area contributed by atoms with Crippen molar-refractivity contribution in [2.24, 2.45) is 23.7 Å². The van der Waals surface area contributed by atoms with Crippen molar-refractivity contribution in [3.8, 4) is 0 Å². The third-order valence-corrected chi connectivity index (χ3v) is 6.94. The number of urea groups is 1. The van der Waals surface area contributed by atoms with E-state index in [0.717, 1.165) is 32.1 Å². The number of piperidine rings is 1. The molecule has 26 heavy (non-hydrogen) atoms. The number of nitrogens with one attached hydrogen (secondary N) is 1. The Morgan fingerprint density at radius 3 is 1.96 bits per heavy atom. The van der Waals surface area contributed by atoms with Crippen molar-refractivity contribution in [3.63, 3.8) is 0 Å². The molecule has 3 aliphatic carbocycles. The molecule has 142 valence electrons. The lowest BCUT2D eigenvalue weighted by molar-refractivity contribution is -0.142. The van der Waals surface area contributed by atoms with Crippen molar-refractivity contribution >= 4 is 17.8 Å². The first kappa shape index (κ1) is 17.6. The Bertz CT molecular complexity index is 619. The minimum Gasteiger partial charge on any atom is -0.319 e. The lowest BCUT2D eigenvalue weighted by Gasteiger charge is -2.40. The van der Waals surface area contributed by atoms with Gasteiger partial charge in [-0.05, 0) is 64.7 Å². The predicted molar refractivity (Wildman–Crippen MR) is 96.8 cm³/mol. The second-order valence-corrected chi connectivity index (χ2v) is 8.55. The zero-order chi connectivity index (χ0) is 18.6. The molecular formula is C20H29N3O3. The van der Waals surface area contributed by atoms with Gasteiger partial charge in [0.05, 0.1) is 11.8 Å². The maximum absolute atomic E-state index is 13.0. The van der Waals surface area contributed by atoms with Crippen LogP contribution in [0.3, 0.4) is 0 Å². The second-order valence-electron chi connectivity index (χ2n) is 8.55. The number of hydrogen-bond donors (Lipinski definition) is 1. The molecule has 0 aromatic heterocycles. The van der Waals surface area contributed by atoms with E-state index in [1.54, 1.807) is 6.92 Å². The van der Waals surface area contributed by atoms with Crippen molar-refractivity contribution in [2.45, 2.75) is 71.1 Å². The first-order valence-electron chi connectivity index (χ1n) is 10.0. The van der Waals surface area contributed by atoms with Crippen LogP contribution in [0, 0.1) is 23.7 Å². The van der Waals surface area contributed by atoms with Crippen molar-refractivity contribution in [1.29, 1.82) is 0 Å². The summed E-state index contributed by atoms with van der Waals surface area (Å²) in [6.45, 7) is 5.87. The summed E-state index contributed by atoms with van der Waals surface area (Å²) in [6.07, 6.45) is 8.71. The molecule has 1 N–H and O–H groups in total. The molecular weight excluding hydrogens is 330 g/mol. The van der Waals surface area contributed by atoms with E-state index < -0.39 is 6.17 Å². The minimum atomic E-state index is -0.603. The van der Waals surface area contributed by atoms with Gasteiger partial charge in [-0.1, -0.05) is 12.2 Å². The summed E-state index contributed by atoms with van der Waals surface area (Å²) in [5.74, 6) is -0.303. The number of likely N-dealkylation sites (tertiary alicyclic amines) is 2. The summed E-state index contributed by atoms with van der Waals surface area (Å²) >= 11 is 0. The molecule has 2 saturated heterocycles. The van der Waals surface area contributed by atoms with Gasteiger partial charge < -0.3 is 10.2 Å². The molecule has 4 amide bonds. The highest BCUT2D eigenvalue weighted by Gasteiger charge is 2.57. The second kappa shape index (κ2) is 6.39. The van der Waals surface area contributed by atoms with Gasteiger partial charge in [-0.2, -0.15) is 0 Å². The molecule has 5 aliphatic rings. The van der Waals surface area contributed by atoms with Gasteiger partial charge in [-0.25, -0.2) is 4.79 Å². The monoisotopic (exact) mass is 359 g/mol. The SMILES string of the molecule is C[C@H](NC(=O)N1[C@H](C)CCC[C@@H]1C)N1C(=O)[C@@H]2[C@@H](C1=O)[C@H]1C=C[C@H]2CC1. The van der Waals surface area contributed by atoms with E-state index in [4.69, 9.17) is 0 Å². The fourth-order valence-electron chi connectivity index (χ4n) is 5.62. The number of fused-ring (bicyclic) bond motifs is 1. The van der Waals surface area contributed by atoms with Crippen LogP contribution in [-0.2, 0) is 9.59 Å². The molecule has 0 spiro atoms. The Morgan fingerprint density at radius 2 is 1.50 bits per heavy atom. The predicted octanol–water partition coefficient (Wildman–Crippen LogP) is 2.50. The number of rotatable bonds is 2. The van der Waals surface area contributed by atoms with Crippen molar-refractivity contribution < 1.29 is 14.4 Å². The minimum absolute atomic E-state index is 0.105. The van der Waals surface area contributed by atoms with Crippen LogP contribution >= 0.6 is 0 Å². The van der Waals surface area contributed by atoms with E-state index in [1.807, 2.05) is 4.90 Å². The van der Waals surface area contributed by atoms with Crippen LogP contribution in [0.4, 0.5) is 4.79 Å². The third kappa shape index (κ3) is 2.57. The van der Waals surface area contributed by atoms with Gasteiger partial charge in [0, 0.05) is 12.1 Å². The number of amides is 4. The van der Waals surface area contributed by atoms with E-state index in [2.05, 4.69) is 31.3 Å². The molecule has 1 saturated carbocycles. The Morgan fingerprint density at radius 1 is 1.00 bits per heavy atom. The lowest BCUT2D eigenvalue weighted by atomic mass is 9.63. The largest absolute Gasteiger partial charge is 0.319 e. The van der Waals surface area contributed by atoms with Gasteiger partial charge in [0.1, 0.15) is 6.17 Å². The molecule has 7 atom stereocenters. The molecule has 5 rings (SSSR count). The van der Waals surface area contributed by atoms with Crippen molar-refractivity contribution in [3.05, 3.63) is 12.2 Å². The highest BCUT2D eigenvalue weighted by molar-refractivity contribution is 6.06. The number of hydrogen-bond acceptors (Lipinski definition) is 3. The summed E-state index contributed by atoms with van der Waals surface area (Å²) in [6, 6.07) is 0.186. The van der Waals surface area contributed by atoms with Gasteiger partial charge in [0.2, 0.25) is 11.8 Å².